The van der Waals surface area contributed by atoms with Gasteiger partial charge in [0.2, 0.25) is 0 Å². The Hall–Kier alpha value is -1.07. The lowest BCUT2D eigenvalue weighted by atomic mass is 10.2. The van der Waals surface area contributed by atoms with Gasteiger partial charge in [0.1, 0.15) is 0 Å². The average molecular weight is 312 g/mol. The monoisotopic (exact) mass is 311 g/mol. The Morgan fingerprint density at radius 3 is 3.00 bits per heavy atom. The van der Waals surface area contributed by atoms with Crippen LogP contribution in [0.1, 0.15) is 12.0 Å². The van der Waals surface area contributed by atoms with E-state index in [4.69, 9.17) is 0 Å². The Morgan fingerprint density at radius 2 is 2.33 bits per heavy atom. The number of nitrogens with zero attached hydrogens (tertiary/aromatic N) is 1. The van der Waals surface area contributed by atoms with Gasteiger partial charge in [-0.05, 0) is 44.6 Å². The number of carbonyl (C=O) groups is 1. The molecule has 98 valence electrons. The summed E-state index contributed by atoms with van der Waals surface area (Å²) in [6.45, 7) is 3.68. The lowest BCUT2D eigenvalue weighted by Gasteiger charge is -2.15. The number of hydrogen-bond donors (Lipinski definition) is 2. The van der Waals surface area contributed by atoms with Crippen LogP contribution >= 0.6 is 15.9 Å². The van der Waals surface area contributed by atoms with Gasteiger partial charge in [-0.1, -0.05) is 22.0 Å². The number of anilines is 1. The fourth-order valence-electron chi connectivity index (χ4n) is 2.06. The van der Waals surface area contributed by atoms with Crippen LogP contribution in [0.2, 0.25) is 0 Å². The third-order valence-corrected chi connectivity index (χ3v) is 4.04. The van der Waals surface area contributed by atoms with Gasteiger partial charge in [0.15, 0.2) is 0 Å². The van der Waals surface area contributed by atoms with Gasteiger partial charge in [-0.2, -0.15) is 0 Å². The topological polar surface area (TPSA) is 44.4 Å². The van der Waals surface area contributed by atoms with Crippen LogP contribution in [-0.4, -0.2) is 32.2 Å². The van der Waals surface area contributed by atoms with Gasteiger partial charge < -0.3 is 10.6 Å². The number of amides is 2. The van der Waals surface area contributed by atoms with Crippen LogP contribution in [0, 0.1) is 6.92 Å². The molecule has 0 aliphatic carbocycles. The molecule has 5 heteroatoms. The second-order valence-corrected chi connectivity index (χ2v) is 5.44. The van der Waals surface area contributed by atoms with Crippen LogP contribution in [0.4, 0.5) is 10.5 Å². The smallest absolute Gasteiger partial charge is 0.322 e. The van der Waals surface area contributed by atoms with Crippen molar-refractivity contribution in [2.75, 3.05) is 25.0 Å². The molecule has 0 saturated carbocycles. The molecule has 2 rings (SSSR count). The number of carbonyl (C=O) groups excluding carboxylic acids is 1. The van der Waals surface area contributed by atoms with Crippen LogP contribution in [0.3, 0.4) is 0 Å². The van der Waals surface area contributed by atoms with E-state index in [0.717, 1.165) is 29.7 Å². The van der Waals surface area contributed by atoms with Gasteiger partial charge in [-0.15, -0.1) is 0 Å². The molecule has 1 heterocycles. The fraction of sp³-hybridized carbons (Fsp3) is 0.462. The van der Waals surface area contributed by atoms with E-state index < -0.39 is 0 Å². The van der Waals surface area contributed by atoms with Crippen molar-refractivity contribution in [3.05, 3.63) is 28.2 Å². The summed E-state index contributed by atoms with van der Waals surface area (Å²) in [6, 6.07) is 6.22. The SMILES string of the molecule is CNCCC1CN(c2ccc(C)c(Br)c2)C(=O)N1. The van der Waals surface area contributed by atoms with Gasteiger partial charge in [-0.25, -0.2) is 4.79 Å². The minimum atomic E-state index is -0.00754. The first-order chi connectivity index (χ1) is 8.61. The molecule has 0 spiro atoms. The predicted octanol–water partition coefficient (Wildman–Crippen LogP) is 2.27. The molecule has 1 aromatic rings. The van der Waals surface area contributed by atoms with Gasteiger partial charge in [0, 0.05) is 22.7 Å². The van der Waals surface area contributed by atoms with Crippen molar-refractivity contribution in [3.8, 4) is 0 Å². The molecule has 1 aromatic carbocycles. The van der Waals surface area contributed by atoms with Crippen LogP contribution < -0.4 is 15.5 Å². The van der Waals surface area contributed by atoms with Gasteiger partial charge in [0.25, 0.3) is 0 Å². The maximum absolute atomic E-state index is 11.9. The maximum Gasteiger partial charge on any atom is 0.322 e. The molecular formula is C13H18BrN3O. The van der Waals surface area contributed by atoms with Gasteiger partial charge in [0.05, 0.1) is 0 Å². The first-order valence-electron chi connectivity index (χ1n) is 6.10. The number of halogens is 1. The number of hydrogen-bond acceptors (Lipinski definition) is 2. The molecule has 1 aliphatic heterocycles. The molecular weight excluding hydrogens is 294 g/mol. The minimum absolute atomic E-state index is 0.00754. The largest absolute Gasteiger partial charge is 0.333 e. The van der Waals surface area contributed by atoms with E-state index in [2.05, 4.69) is 26.6 Å². The van der Waals surface area contributed by atoms with E-state index in [-0.39, 0.29) is 12.1 Å². The summed E-state index contributed by atoms with van der Waals surface area (Å²) in [5.41, 5.74) is 2.11. The lowest BCUT2D eigenvalue weighted by molar-refractivity contribution is 0.250. The summed E-state index contributed by atoms with van der Waals surface area (Å²) in [6.07, 6.45) is 0.950. The normalized spacial score (nSPS) is 19.2. The summed E-state index contributed by atoms with van der Waals surface area (Å²) >= 11 is 3.50. The molecule has 0 bridgehead atoms. The molecule has 1 aliphatic rings. The second-order valence-electron chi connectivity index (χ2n) is 4.58. The highest BCUT2D eigenvalue weighted by atomic mass is 79.9. The van der Waals surface area contributed by atoms with Crippen molar-refractivity contribution >= 4 is 27.6 Å². The van der Waals surface area contributed by atoms with E-state index in [9.17, 15) is 4.79 Å². The number of benzene rings is 1. The molecule has 0 aromatic heterocycles. The Morgan fingerprint density at radius 1 is 1.56 bits per heavy atom. The van der Waals surface area contributed by atoms with E-state index in [1.165, 1.54) is 5.56 Å². The van der Waals surface area contributed by atoms with Crippen molar-refractivity contribution in [2.45, 2.75) is 19.4 Å². The molecule has 1 saturated heterocycles. The zero-order valence-corrected chi connectivity index (χ0v) is 12.3. The molecule has 2 N–H and O–H groups in total. The Labute approximate surface area is 116 Å². The lowest BCUT2D eigenvalue weighted by Crippen LogP contribution is -2.29. The first-order valence-corrected chi connectivity index (χ1v) is 6.90. The van der Waals surface area contributed by atoms with Crippen molar-refractivity contribution in [2.24, 2.45) is 0 Å². The van der Waals surface area contributed by atoms with Crippen LogP contribution in [0.5, 0.6) is 0 Å². The van der Waals surface area contributed by atoms with E-state index in [1.807, 2.05) is 32.2 Å². The molecule has 0 radical (unpaired) electrons. The summed E-state index contributed by atoms with van der Waals surface area (Å²) in [4.78, 5) is 13.7. The van der Waals surface area contributed by atoms with Crippen LogP contribution in [-0.2, 0) is 0 Å². The van der Waals surface area contributed by atoms with Crippen molar-refractivity contribution in [1.29, 1.82) is 0 Å². The van der Waals surface area contributed by atoms with E-state index in [1.54, 1.807) is 4.90 Å². The maximum atomic E-state index is 11.9. The molecule has 18 heavy (non-hydrogen) atoms. The predicted molar refractivity (Wildman–Crippen MR) is 77.1 cm³/mol. The van der Waals surface area contributed by atoms with Crippen molar-refractivity contribution < 1.29 is 4.79 Å². The number of nitrogens with one attached hydrogen (secondary N) is 2. The standard InChI is InChI=1S/C13H18BrN3O/c1-9-3-4-11(7-12(9)14)17-8-10(5-6-15-2)16-13(17)18/h3-4,7,10,15H,5-6,8H2,1-2H3,(H,16,18). The molecule has 1 fully saturated rings. The summed E-state index contributed by atoms with van der Waals surface area (Å²) in [7, 11) is 1.92. The highest BCUT2D eigenvalue weighted by Gasteiger charge is 2.29. The van der Waals surface area contributed by atoms with Crippen molar-refractivity contribution in [1.82, 2.24) is 10.6 Å². The Bertz CT molecular complexity index is 450. The molecule has 1 unspecified atom stereocenters. The third-order valence-electron chi connectivity index (χ3n) is 3.19. The van der Waals surface area contributed by atoms with E-state index in [0.29, 0.717) is 0 Å². The Balaban J connectivity index is 2.09. The zero-order valence-electron chi connectivity index (χ0n) is 10.7. The number of aryl methyl sites for hydroxylation is 1. The van der Waals surface area contributed by atoms with Gasteiger partial charge in [-0.3, -0.25) is 4.90 Å². The fourth-order valence-corrected chi connectivity index (χ4v) is 2.42. The summed E-state index contributed by atoms with van der Waals surface area (Å²) in [5, 5.41) is 6.11. The van der Waals surface area contributed by atoms with Gasteiger partial charge >= 0.3 is 6.03 Å². The minimum Gasteiger partial charge on any atom is -0.333 e. The number of rotatable bonds is 4. The van der Waals surface area contributed by atoms with Crippen LogP contribution in [0.25, 0.3) is 0 Å². The first kappa shape index (κ1) is 13.4. The quantitative estimate of drug-likeness (QED) is 0.896. The highest BCUT2D eigenvalue weighted by Crippen LogP contribution is 2.25. The summed E-state index contributed by atoms with van der Waals surface area (Å²) in [5.74, 6) is 0. The highest BCUT2D eigenvalue weighted by molar-refractivity contribution is 9.10. The average Bonchev–Trinajstić information content (AvgIpc) is 2.71. The van der Waals surface area contributed by atoms with E-state index >= 15 is 0 Å². The zero-order chi connectivity index (χ0) is 13.1. The Kier molecular flexibility index (Phi) is 4.24. The third kappa shape index (κ3) is 2.84. The number of urea groups is 1. The molecule has 2 amide bonds. The van der Waals surface area contributed by atoms with Crippen LogP contribution in [0.15, 0.2) is 22.7 Å². The summed E-state index contributed by atoms with van der Waals surface area (Å²) < 4.78 is 1.03. The molecule has 1 atom stereocenters. The second kappa shape index (κ2) is 5.71. The van der Waals surface area contributed by atoms with Crippen molar-refractivity contribution in [3.63, 3.8) is 0 Å². The molecule has 4 nitrogen and oxygen atoms in total.